The van der Waals surface area contributed by atoms with Crippen molar-refractivity contribution in [3.05, 3.63) is 90.9 Å². The number of nitrogens with zero attached hydrogens (tertiary/aromatic N) is 2. The average molecular weight is 546 g/mol. The molecule has 6 heteroatoms. The first-order chi connectivity index (χ1) is 19.6. The van der Waals surface area contributed by atoms with E-state index in [1.807, 2.05) is 0 Å². The number of nitrogens with one attached hydrogen (secondary N) is 1. The van der Waals surface area contributed by atoms with Crippen molar-refractivity contribution in [2.24, 2.45) is 0 Å². The molecule has 0 bridgehead atoms. The Morgan fingerprint density at radius 2 is 1.52 bits per heavy atom. The van der Waals surface area contributed by atoms with Crippen LogP contribution in [0.4, 0.5) is 0 Å². The summed E-state index contributed by atoms with van der Waals surface area (Å²) >= 11 is 0. The smallest absolute Gasteiger partial charge is 0.256 e. The number of likely N-dealkylation sites (tertiary alicyclic amines) is 1. The number of carbonyl (C=O) groups is 3. The zero-order chi connectivity index (χ0) is 28.7. The second-order valence-electron chi connectivity index (χ2n) is 9.93. The molecule has 0 spiro atoms. The van der Waals surface area contributed by atoms with Crippen molar-refractivity contribution in [3.8, 4) is 0 Å². The molecule has 6 nitrogen and oxygen atoms in total. The summed E-state index contributed by atoms with van der Waals surface area (Å²) in [6, 6.07) is 2.99. The maximum Gasteiger partial charge on any atom is 0.256 e. The molecule has 1 N–H and O–H groups in total. The summed E-state index contributed by atoms with van der Waals surface area (Å²) < 4.78 is 0. The molecule has 0 aromatic carbocycles. The topological polar surface area (TPSA) is 79.4 Å². The molecule has 2 amide bonds. The van der Waals surface area contributed by atoms with E-state index in [4.69, 9.17) is 0 Å². The maximum atomic E-state index is 12.7. The number of allylic oxidation sites excluding steroid dienone is 10. The average Bonchev–Trinajstić information content (AvgIpc) is 3.47. The van der Waals surface area contributed by atoms with E-state index in [9.17, 15) is 14.4 Å². The second kappa shape index (κ2) is 21.3. The lowest BCUT2D eigenvalue weighted by atomic mass is 10.1. The van der Waals surface area contributed by atoms with E-state index < -0.39 is 6.04 Å². The van der Waals surface area contributed by atoms with Gasteiger partial charge in [0.05, 0.1) is 5.56 Å². The Hall–Kier alpha value is -3.54. The Labute approximate surface area is 241 Å². The molecule has 216 valence electrons. The number of hydrogen-bond acceptors (Lipinski definition) is 4. The van der Waals surface area contributed by atoms with Gasteiger partial charge in [0.2, 0.25) is 5.91 Å². The Kier molecular flexibility index (Phi) is 17.4. The number of amides is 2. The van der Waals surface area contributed by atoms with Crippen LogP contribution in [0.15, 0.2) is 85.3 Å². The first kappa shape index (κ1) is 32.7. The van der Waals surface area contributed by atoms with Gasteiger partial charge in [0.15, 0.2) is 0 Å². The molecule has 1 aromatic heterocycles. The Morgan fingerprint density at radius 1 is 0.900 bits per heavy atom. The Morgan fingerprint density at radius 3 is 2.15 bits per heavy atom. The van der Waals surface area contributed by atoms with E-state index in [2.05, 4.69) is 78.0 Å². The molecule has 0 saturated carbocycles. The molecule has 1 fully saturated rings. The molecule has 2 rings (SSSR count). The first-order valence-corrected chi connectivity index (χ1v) is 14.9. The fraction of sp³-hybridized carbons (Fsp3) is 0.471. The highest BCUT2D eigenvalue weighted by atomic mass is 16.2. The molecular weight excluding hydrogens is 498 g/mol. The maximum absolute atomic E-state index is 12.7. The van der Waals surface area contributed by atoms with Crippen LogP contribution in [0.3, 0.4) is 0 Å². The third-order valence-electron chi connectivity index (χ3n) is 6.64. The third kappa shape index (κ3) is 14.0. The van der Waals surface area contributed by atoms with Crippen molar-refractivity contribution in [1.82, 2.24) is 15.2 Å². The standard InChI is InChI=1S/C34H47N3O3/c1-2-3-4-5-6-7-8-9-10-11-12-13-14-15-16-17-18-23-31(38)24-20-27-36-33(39)32-25-21-28-37(32)34(40)30-22-19-26-35-29-30/h3-4,6-7,9-10,12-13,15-16,19,22,26,29,32H,2,5,8,11,14,17-18,20-21,23-25,27-28H2,1H3,(H,36,39)/b4-3-,7-6-,10-9-,13-12-,16-15-. The Bertz CT molecular complexity index is 1020. The lowest BCUT2D eigenvalue weighted by Gasteiger charge is -2.24. The SMILES string of the molecule is CC/C=C\C/C=C\C/C=C\C/C=C\C/C=C\CCCC(=O)CCCNC(=O)C1CCCN1C(=O)c1cccnc1. The van der Waals surface area contributed by atoms with Crippen LogP contribution in [0.25, 0.3) is 0 Å². The number of carbonyl (C=O) groups excluding carboxylic acids is 3. The van der Waals surface area contributed by atoms with Crippen LogP contribution < -0.4 is 5.32 Å². The number of pyridine rings is 1. The van der Waals surface area contributed by atoms with Crippen LogP contribution in [0, 0.1) is 0 Å². The summed E-state index contributed by atoms with van der Waals surface area (Å²) in [5.41, 5.74) is 0.498. The van der Waals surface area contributed by atoms with Crippen LogP contribution >= 0.6 is 0 Å². The van der Waals surface area contributed by atoms with Gasteiger partial charge in [-0.25, -0.2) is 0 Å². The van der Waals surface area contributed by atoms with Gasteiger partial charge < -0.3 is 10.2 Å². The zero-order valence-electron chi connectivity index (χ0n) is 24.2. The number of hydrogen-bond donors (Lipinski definition) is 1. The van der Waals surface area contributed by atoms with E-state index in [1.165, 1.54) is 6.20 Å². The quantitative estimate of drug-likeness (QED) is 0.149. The fourth-order valence-corrected chi connectivity index (χ4v) is 4.46. The third-order valence-corrected chi connectivity index (χ3v) is 6.64. The van der Waals surface area contributed by atoms with E-state index in [1.54, 1.807) is 23.2 Å². The van der Waals surface area contributed by atoms with Crippen molar-refractivity contribution in [1.29, 1.82) is 0 Å². The lowest BCUT2D eigenvalue weighted by Crippen LogP contribution is -2.46. The predicted octanol–water partition coefficient (Wildman–Crippen LogP) is 7.07. The van der Waals surface area contributed by atoms with Crippen molar-refractivity contribution in [3.63, 3.8) is 0 Å². The molecular formula is C34H47N3O3. The molecule has 0 aliphatic carbocycles. The van der Waals surface area contributed by atoms with Crippen LogP contribution in [-0.4, -0.2) is 46.6 Å². The largest absolute Gasteiger partial charge is 0.354 e. The van der Waals surface area contributed by atoms with Gasteiger partial charge in [-0.05, 0) is 76.3 Å². The monoisotopic (exact) mass is 545 g/mol. The van der Waals surface area contributed by atoms with Gasteiger partial charge in [-0.3, -0.25) is 19.4 Å². The minimum atomic E-state index is -0.452. The van der Waals surface area contributed by atoms with Gasteiger partial charge >= 0.3 is 0 Å². The van der Waals surface area contributed by atoms with Gasteiger partial charge in [0, 0.05) is 38.3 Å². The van der Waals surface area contributed by atoms with Crippen LogP contribution in [0.2, 0.25) is 0 Å². The van der Waals surface area contributed by atoms with Crippen LogP contribution in [0.1, 0.15) is 94.3 Å². The van der Waals surface area contributed by atoms with Crippen molar-refractivity contribution < 1.29 is 14.4 Å². The van der Waals surface area contributed by atoms with Gasteiger partial charge in [0.1, 0.15) is 11.8 Å². The Balaban J connectivity index is 1.48. The molecule has 1 atom stereocenters. The van der Waals surface area contributed by atoms with E-state index >= 15 is 0 Å². The minimum Gasteiger partial charge on any atom is -0.354 e. The number of aromatic nitrogens is 1. The molecule has 1 aliphatic heterocycles. The molecule has 1 unspecified atom stereocenters. The number of rotatable bonds is 19. The highest BCUT2D eigenvalue weighted by Gasteiger charge is 2.34. The summed E-state index contributed by atoms with van der Waals surface area (Å²) in [7, 11) is 0. The minimum absolute atomic E-state index is 0.138. The van der Waals surface area contributed by atoms with E-state index in [-0.39, 0.29) is 17.6 Å². The first-order valence-electron chi connectivity index (χ1n) is 14.9. The zero-order valence-corrected chi connectivity index (χ0v) is 24.2. The summed E-state index contributed by atoms with van der Waals surface area (Å²) in [5, 5.41) is 2.91. The molecule has 1 aromatic rings. The lowest BCUT2D eigenvalue weighted by molar-refractivity contribution is -0.125. The van der Waals surface area contributed by atoms with Gasteiger partial charge in [-0.1, -0.05) is 67.7 Å². The molecule has 0 radical (unpaired) electrons. The molecule has 2 heterocycles. The number of unbranched alkanes of at least 4 members (excludes halogenated alkanes) is 1. The summed E-state index contributed by atoms with van der Waals surface area (Å²) in [4.78, 5) is 43.2. The van der Waals surface area contributed by atoms with Gasteiger partial charge in [0.25, 0.3) is 5.91 Å². The predicted molar refractivity (Wildman–Crippen MR) is 164 cm³/mol. The van der Waals surface area contributed by atoms with E-state index in [0.29, 0.717) is 44.3 Å². The van der Waals surface area contributed by atoms with Gasteiger partial charge in [-0.2, -0.15) is 0 Å². The molecule has 40 heavy (non-hydrogen) atoms. The number of Topliss-reactive ketones (excluding diaryl/α,β-unsaturated/α-hetero) is 1. The van der Waals surface area contributed by atoms with Crippen LogP contribution in [-0.2, 0) is 9.59 Å². The molecule has 1 aliphatic rings. The summed E-state index contributed by atoms with van der Waals surface area (Å²) in [6.45, 7) is 3.17. The summed E-state index contributed by atoms with van der Waals surface area (Å²) in [5.74, 6) is -0.0649. The molecule has 1 saturated heterocycles. The second-order valence-corrected chi connectivity index (χ2v) is 9.93. The van der Waals surface area contributed by atoms with Crippen molar-refractivity contribution in [2.45, 2.75) is 90.0 Å². The van der Waals surface area contributed by atoms with Crippen LogP contribution in [0.5, 0.6) is 0 Å². The highest BCUT2D eigenvalue weighted by molar-refractivity contribution is 5.97. The highest BCUT2D eigenvalue weighted by Crippen LogP contribution is 2.20. The van der Waals surface area contributed by atoms with Gasteiger partial charge in [-0.15, -0.1) is 0 Å². The normalized spacial score (nSPS) is 15.9. The van der Waals surface area contributed by atoms with E-state index in [0.717, 1.165) is 51.4 Å². The van der Waals surface area contributed by atoms with Crippen molar-refractivity contribution >= 4 is 17.6 Å². The number of ketones is 1. The summed E-state index contributed by atoms with van der Waals surface area (Å²) in [6.07, 6.45) is 34.8. The van der Waals surface area contributed by atoms with Crippen molar-refractivity contribution in [2.75, 3.05) is 13.1 Å². The fourth-order valence-electron chi connectivity index (χ4n) is 4.46.